The van der Waals surface area contributed by atoms with Gasteiger partial charge in [0.25, 0.3) is 0 Å². The van der Waals surface area contributed by atoms with Crippen molar-refractivity contribution in [3.63, 3.8) is 0 Å². The van der Waals surface area contributed by atoms with Gasteiger partial charge in [0.05, 0.1) is 38.9 Å². The third-order valence-electron chi connectivity index (χ3n) is 7.21. The fourth-order valence-corrected chi connectivity index (χ4v) is 5.58. The number of ether oxygens (including phenoxy) is 5. The highest BCUT2D eigenvalue weighted by Gasteiger charge is 2.46. The van der Waals surface area contributed by atoms with Gasteiger partial charge in [-0.1, -0.05) is 12.1 Å². The first-order chi connectivity index (χ1) is 19.2. The Hall–Kier alpha value is -4.14. The Morgan fingerprint density at radius 1 is 0.875 bits per heavy atom. The van der Waals surface area contributed by atoms with Crippen LogP contribution in [-0.4, -0.2) is 50.9 Å². The van der Waals surface area contributed by atoms with Crippen LogP contribution in [0.1, 0.15) is 63.5 Å². The van der Waals surface area contributed by atoms with Gasteiger partial charge in [0, 0.05) is 30.7 Å². The third-order valence-corrected chi connectivity index (χ3v) is 7.21. The highest BCUT2D eigenvalue weighted by Crippen LogP contribution is 2.48. The summed E-state index contributed by atoms with van der Waals surface area (Å²) in [6.07, 6.45) is 0.814. The summed E-state index contributed by atoms with van der Waals surface area (Å²) in [5.74, 6) is -0.564. The van der Waals surface area contributed by atoms with Gasteiger partial charge in [0.2, 0.25) is 0 Å². The van der Waals surface area contributed by atoms with Gasteiger partial charge in [-0.2, -0.15) is 0 Å². The fraction of sp³-hybridized carbons (Fsp3) is 0.419. The molecule has 1 heterocycles. The first-order valence-corrected chi connectivity index (χ1v) is 13.4. The average Bonchev–Trinajstić information content (AvgIpc) is 2.92. The molecule has 2 aromatic carbocycles. The Balaban J connectivity index is 1.79. The van der Waals surface area contributed by atoms with Crippen LogP contribution in [0.2, 0.25) is 0 Å². The van der Waals surface area contributed by atoms with E-state index < -0.39 is 23.8 Å². The summed E-state index contributed by atoms with van der Waals surface area (Å²) in [6.45, 7) is 7.17. The topological polar surface area (TPSA) is 110 Å². The Kier molecular flexibility index (Phi) is 8.92. The molecule has 1 aliphatic heterocycles. The number of fused-ring (bicyclic) bond motifs is 1. The molecule has 1 saturated carbocycles. The number of rotatable bonds is 9. The molecular weight excluding hydrogens is 514 g/mol. The SMILES string of the molecule is CCOC(=O)C1=C(C)N=C2C[C@H](c3ccc(OC)c(OC)c3)CC(=O)C2[C@H]1c1ccc(OC(C)=O)c(OCC)c1. The summed E-state index contributed by atoms with van der Waals surface area (Å²) >= 11 is 0. The number of allylic oxidation sites excluding steroid dienone is 1. The summed E-state index contributed by atoms with van der Waals surface area (Å²) in [6, 6.07) is 10.8. The van der Waals surface area contributed by atoms with Crippen LogP contribution in [0.5, 0.6) is 23.0 Å². The zero-order chi connectivity index (χ0) is 29.0. The van der Waals surface area contributed by atoms with E-state index >= 15 is 0 Å². The van der Waals surface area contributed by atoms with Crippen molar-refractivity contribution in [2.75, 3.05) is 27.4 Å². The molecule has 40 heavy (non-hydrogen) atoms. The number of hydrogen-bond donors (Lipinski definition) is 0. The van der Waals surface area contributed by atoms with E-state index in [2.05, 4.69) is 0 Å². The molecule has 4 rings (SSSR count). The zero-order valence-electron chi connectivity index (χ0n) is 23.7. The summed E-state index contributed by atoms with van der Waals surface area (Å²) in [7, 11) is 3.16. The Bertz CT molecular complexity index is 1380. The lowest BCUT2D eigenvalue weighted by Gasteiger charge is -2.38. The van der Waals surface area contributed by atoms with E-state index in [4.69, 9.17) is 28.7 Å². The van der Waals surface area contributed by atoms with Gasteiger partial charge in [-0.15, -0.1) is 0 Å². The van der Waals surface area contributed by atoms with Gasteiger partial charge in [-0.3, -0.25) is 14.6 Å². The molecule has 0 amide bonds. The maximum atomic E-state index is 13.9. The van der Waals surface area contributed by atoms with Crippen LogP contribution in [-0.2, 0) is 19.1 Å². The van der Waals surface area contributed by atoms with Gasteiger partial charge in [-0.25, -0.2) is 4.79 Å². The van der Waals surface area contributed by atoms with Gasteiger partial charge >= 0.3 is 11.9 Å². The minimum atomic E-state index is -0.645. The minimum Gasteiger partial charge on any atom is -0.493 e. The molecule has 9 nitrogen and oxygen atoms in total. The molecule has 1 fully saturated rings. The summed E-state index contributed by atoms with van der Waals surface area (Å²) in [4.78, 5) is 43.6. The highest BCUT2D eigenvalue weighted by molar-refractivity contribution is 6.12. The number of esters is 2. The Labute approximate surface area is 234 Å². The van der Waals surface area contributed by atoms with E-state index in [1.54, 1.807) is 46.3 Å². The lowest BCUT2D eigenvalue weighted by atomic mass is 9.66. The first-order valence-electron chi connectivity index (χ1n) is 13.4. The van der Waals surface area contributed by atoms with Crippen LogP contribution < -0.4 is 18.9 Å². The van der Waals surface area contributed by atoms with Crippen molar-refractivity contribution in [1.29, 1.82) is 0 Å². The van der Waals surface area contributed by atoms with Crippen molar-refractivity contribution in [1.82, 2.24) is 0 Å². The molecule has 0 N–H and O–H groups in total. The van der Waals surface area contributed by atoms with Gasteiger partial charge in [0.15, 0.2) is 23.0 Å². The number of carbonyl (C=O) groups is 3. The molecule has 212 valence electrons. The predicted octanol–water partition coefficient (Wildman–Crippen LogP) is 5.17. The van der Waals surface area contributed by atoms with Crippen molar-refractivity contribution in [2.24, 2.45) is 10.9 Å². The van der Waals surface area contributed by atoms with Crippen LogP contribution in [0.4, 0.5) is 0 Å². The number of methoxy groups -OCH3 is 2. The van der Waals surface area contributed by atoms with Crippen LogP contribution in [0.25, 0.3) is 0 Å². The van der Waals surface area contributed by atoms with Crippen molar-refractivity contribution < 1.29 is 38.1 Å². The van der Waals surface area contributed by atoms with Crippen molar-refractivity contribution in [2.45, 2.75) is 52.4 Å². The lowest BCUT2D eigenvalue weighted by Crippen LogP contribution is -2.41. The van der Waals surface area contributed by atoms with Crippen molar-refractivity contribution in [3.05, 3.63) is 58.8 Å². The number of Topliss-reactive ketones (excluding diaryl/α,β-unsaturated/α-hetero) is 1. The van der Waals surface area contributed by atoms with Crippen molar-refractivity contribution >= 4 is 23.4 Å². The van der Waals surface area contributed by atoms with E-state index in [-0.39, 0.29) is 30.5 Å². The summed E-state index contributed by atoms with van der Waals surface area (Å²) in [5.41, 5.74) is 3.20. The second-order valence-electron chi connectivity index (χ2n) is 9.70. The van der Waals surface area contributed by atoms with Gasteiger partial charge in [0.1, 0.15) is 5.78 Å². The maximum absolute atomic E-state index is 13.9. The van der Waals surface area contributed by atoms with E-state index in [1.165, 1.54) is 6.92 Å². The highest BCUT2D eigenvalue weighted by atomic mass is 16.6. The summed E-state index contributed by atoms with van der Waals surface area (Å²) < 4.78 is 27.3. The second-order valence-corrected chi connectivity index (χ2v) is 9.70. The Morgan fingerprint density at radius 3 is 2.20 bits per heavy atom. The molecule has 1 unspecified atom stereocenters. The average molecular weight is 550 g/mol. The van der Waals surface area contributed by atoms with E-state index in [9.17, 15) is 14.4 Å². The monoisotopic (exact) mass is 549 g/mol. The van der Waals surface area contributed by atoms with Crippen LogP contribution in [0, 0.1) is 5.92 Å². The quantitative estimate of drug-likeness (QED) is 0.311. The molecule has 0 aromatic heterocycles. The number of benzene rings is 2. The molecule has 0 radical (unpaired) electrons. The van der Waals surface area contributed by atoms with E-state index in [0.717, 1.165) is 5.56 Å². The lowest BCUT2D eigenvalue weighted by molar-refractivity contribution is -0.139. The minimum absolute atomic E-state index is 0.0221. The second kappa shape index (κ2) is 12.4. The Morgan fingerprint density at radius 2 is 1.55 bits per heavy atom. The van der Waals surface area contributed by atoms with Crippen LogP contribution >= 0.6 is 0 Å². The number of ketones is 1. The molecule has 2 aromatic rings. The zero-order valence-corrected chi connectivity index (χ0v) is 23.7. The summed E-state index contributed by atoms with van der Waals surface area (Å²) in [5, 5.41) is 0. The predicted molar refractivity (Wildman–Crippen MR) is 148 cm³/mol. The molecule has 3 atom stereocenters. The van der Waals surface area contributed by atoms with Crippen molar-refractivity contribution in [3.8, 4) is 23.0 Å². The number of hydrogen-bond acceptors (Lipinski definition) is 9. The van der Waals surface area contributed by atoms with E-state index in [0.29, 0.717) is 52.8 Å². The normalized spacial score (nSPS) is 20.3. The number of carbonyl (C=O) groups excluding carboxylic acids is 3. The largest absolute Gasteiger partial charge is 0.493 e. The standard InChI is InChI=1S/C31H35NO8/c1-7-38-27-16-20(10-12-25(27)40-18(4)33)29-28(31(35)39-8-2)17(3)32-22-13-21(14-23(34)30(22)29)19-9-11-24(36-5)26(15-19)37-6/h9-12,15-16,21,29-30H,7-8,13-14H2,1-6H3/t21-,29-,30?/m0/s1. The van der Waals surface area contributed by atoms with Crippen LogP contribution in [0.15, 0.2) is 52.7 Å². The molecule has 2 aliphatic rings. The number of nitrogens with zero attached hydrogens (tertiary/aromatic N) is 1. The molecule has 1 aliphatic carbocycles. The van der Waals surface area contributed by atoms with Gasteiger partial charge in [-0.05, 0) is 68.5 Å². The smallest absolute Gasteiger partial charge is 0.336 e. The fourth-order valence-electron chi connectivity index (χ4n) is 5.58. The number of aliphatic imine (C=N–C) groups is 1. The third kappa shape index (κ3) is 5.73. The molecular formula is C31H35NO8. The van der Waals surface area contributed by atoms with Crippen LogP contribution in [0.3, 0.4) is 0 Å². The van der Waals surface area contributed by atoms with Gasteiger partial charge < -0.3 is 23.7 Å². The molecule has 9 heteroatoms. The maximum Gasteiger partial charge on any atom is 0.336 e. The molecule has 0 saturated heterocycles. The molecule has 0 bridgehead atoms. The van der Waals surface area contributed by atoms with E-state index in [1.807, 2.05) is 25.1 Å². The first kappa shape index (κ1) is 28.9. The molecule has 0 spiro atoms.